The molecule has 4 aromatic heterocycles. The molecule has 188 valence electrons. The largest absolute Gasteiger partial charge is 0.493 e. The first-order valence-electron chi connectivity index (χ1n) is 12.2. The van der Waals surface area contributed by atoms with Gasteiger partial charge in [-0.3, -0.25) is 4.98 Å². The molecule has 10 heteroatoms. The smallest absolute Gasteiger partial charge is 0.256 e. The molecule has 1 saturated heterocycles. The Morgan fingerprint density at radius 3 is 2.59 bits per heavy atom. The van der Waals surface area contributed by atoms with Crippen molar-refractivity contribution in [3.63, 3.8) is 0 Å². The van der Waals surface area contributed by atoms with Crippen LogP contribution in [0.3, 0.4) is 0 Å². The van der Waals surface area contributed by atoms with Crippen molar-refractivity contribution < 1.29 is 14.6 Å². The SMILES string of the molecule is CC(C)Oc1cccc(-c2cc(O)n(-c3nc(N4CCOCC4)c4sc(-c5ccncc5)cc4n3)n2)c1. The minimum absolute atomic E-state index is 0.0398. The average Bonchev–Trinajstić information content (AvgIpc) is 3.53. The maximum absolute atomic E-state index is 10.9. The molecule has 0 aliphatic carbocycles. The molecule has 6 rings (SSSR count). The Hall–Kier alpha value is -4.02. The molecule has 1 fully saturated rings. The third-order valence-electron chi connectivity index (χ3n) is 6.00. The van der Waals surface area contributed by atoms with Gasteiger partial charge in [0.25, 0.3) is 5.95 Å². The van der Waals surface area contributed by atoms with Crippen LogP contribution in [0.5, 0.6) is 11.6 Å². The second kappa shape index (κ2) is 9.79. The molecular formula is C27H26N6O3S. The molecule has 0 radical (unpaired) electrons. The molecule has 9 nitrogen and oxygen atoms in total. The van der Waals surface area contributed by atoms with Gasteiger partial charge in [-0.15, -0.1) is 11.3 Å². The highest BCUT2D eigenvalue weighted by atomic mass is 32.1. The monoisotopic (exact) mass is 514 g/mol. The fourth-order valence-corrected chi connectivity index (χ4v) is 5.43. The first-order chi connectivity index (χ1) is 18.0. The lowest BCUT2D eigenvalue weighted by Crippen LogP contribution is -2.37. The van der Waals surface area contributed by atoms with E-state index >= 15 is 0 Å². The van der Waals surface area contributed by atoms with Crippen LogP contribution in [0.4, 0.5) is 5.82 Å². The van der Waals surface area contributed by atoms with Gasteiger partial charge in [0, 0.05) is 42.0 Å². The standard InChI is InChI=1S/C27H26N6O3S/c1-17(2)36-20-5-3-4-19(14-20)21-16-24(34)33(31-21)27-29-22-15-23(18-6-8-28-9-7-18)37-25(22)26(30-27)32-10-12-35-13-11-32/h3-9,14-17,34H,10-13H2,1-2H3. The second-order valence-corrected chi connectivity index (χ2v) is 10.1. The van der Waals surface area contributed by atoms with Gasteiger partial charge in [-0.05, 0) is 49.7 Å². The summed E-state index contributed by atoms with van der Waals surface area (Å²) in [7, 11) is 0. The lowest BCUT2D eigenvalue weighted by atomic mass is 10.1. The minimum Gasteiger partial charge on any atom is -0.493 e. The number of nitrogens with zero attached hydrogens (tertiary/aromatic N) is 6. The second-order valence-electron chi connectivity index (χ2n) is 9.00. The van der Waals surface area contributed by atoms with Crippen molar-refractivity contribution in [1.29, 1.82) is 0 Å². The Morgan fingerprint density at radius 1 is 1.00 bits per heavy atom. The number of pyridine rings is 1. The number of hydrogen-bond donors (Lipinski definition) is 1. The lowest BCUT2D eigenvalue weighted by molar-refractivity contribution is 0.122. The number of morpholine rings is 1. The van der Waals surface area contributed by atoms with Crippen LogP contribution in [0.2, 0.25) is 0 Å². The molecular weight excluding hydrogens is 488 g/mol. The maximum atomic E-state index is 10.9. The molecule has 5 heterocycles. The third kappa shape index (κ3) is 4.73. The zero-order valence-corrected chi connectivity index (χ0v) is 21.4. The Bertz CT molecular complexity index is 1540. The van der Waals surface area contributed by atoms with E-state index in [4.69, 9.17) is 19.4 Å². The Labute approximate surface area is 218 Å². The normalized spacial score (nSPS) is 14.0. The van der Waals surface area contributed by atoms with Crippen molar-refractivity contribution in [2.24, 2.45) is 0 Å². The number of fused-ring (bicyclic) bond motifs is 1. The molecule has 0 amide bonds. The molecule has 0 saturated carbocycles. The predicted octanol–water partition coefficient (Wildman–Crippen LogP) is 4.94. The van der Waals surface area contributed by atoms with E-state index in [0.717, 1.165) is 50.9 Å². The van der Waals surface area contributed by atoms with Gasteiger partial charge in [-0.1, -0.05) is 12.1 Å². The van der Waals surface area contributed by atoms with Gasteiger partial charge < -0.3 is 19.5 Å². The van der Waals surface area contributed by atoms with Gasteiger partial charge in [-0.25, -0.2) is 4.98 Å². The summed E-state index contributed by atoms with van der Waals surface area (Å²) in [5.41, 5.74) is 3.30. The quantitative estimate of drug-likeness (QED) is 0.340. The molecule has 1 aliphatic rings. The zero-order valence-electron chi connectivity index (χ0n) is 20.5. The fourth-order valence-electron chi connectivity index (χ4n) is 4.31. The van der Waals surface area contributed by atoms with Crippen LogP contribution in [-0.4, -0.2) is 62.2 Å². The summed E-state index contributed by atoms with van der Waals surface area (Å²) in [4.78, 5) is 17.1. The maximum Gasteiger partial charge on any atom is 0.256 e. The summed E-state index contributed by atoms with van der Waals surface area (Å²) in [6.45, 7) is 6.69. The van der Waals surface area contributed by atoms with Gasteiger partial charge in [0.2, 0.25) is 5.88 Å². The lowest BCUT2D eigenvalue weighted by Gasteiger charge is -2.28. The topological polar surface area (TPSA) is 98.4 Å². The zero-order chi connectivity index (χ0) is 25.4. The molecule has 1 aliphatic heterocycles. The van der Waals surface area contributed by atoms with Gasteiger partial charge >= 0.3 is 0 Å². The van der Waals surface area contributed by atoms with Gasteiger partial charge in [0.15, 0.2) is 5.82 Å². The van der Waals surface area contributed by atoms with Crippen molar-refractivity contribution in [2.45, 2.75) is 20.0 Å². The summed E-state index contributed by atoms with van der Waals surface area (Å²) in [6.07, 6.45) is 3.62. The molecule has 1 aromatic carbocycles. The van der Waals surface area contributed by atoms with Crippen LogP contribution >= 0.6 is 11.3 Å². The molecule has 0 bridgehead atoms. The molecule has 5 aromatic rings. The highest BCUT2D eigenvalue weighted by Gasteiger charge is 2.22. The highest BCUT2D eigenvalue weighted by Crippen LogP contribution is 2.38. The van der Waals surface area contributed by atoms with Gasteiger partial charge in [0.05, 0.1) is 35.2 Å². The molecule has 1 N–H and O–H groups in total. The fraction of sp³-hybridized carbons (Fsp3) is 0.259. The Kier molecular flexibility index (Phi) is 6.19. The first kappa shape index (κ1) is 23.4. The van der Waals surface area contributed by atoms with Crippen molar-refractivity contribution in [1.82, 2.24) is 24.7 Å². The van der Waals surface area contributed by atoms with Crippen LogP contribution in [-0.2, 0) is 4.74 Å². The summed E-state index contributed by atoms with van der Waals surface area (Å²) >= 11 is 1.65. The number of aromatic hydroxyl groups is 1. The average molecular weight is 515 g/mol. The number of benzene rings is 1. The van der Waals surface area contributed by atoms with Gasteiger partial charge in [0.1, 0.15) is 5.75 Å². The third-order valence-corrected chi connectivity index (χ3v) is 7.17. The van der Waals surface area contributed by atoms with Crippen molar-refractivity contribution in [3.05, 3.63) is 60.9 Å². The number of anilines is 1. The molecule has 0 atom stereocenters. The van der Waals surface area contributed by atoms with E-state index in [0.29, 0.717) is 24.9 Å². The predicted molar refractivity (Wildman–Crippen MR) is 144 cm³/mol. The summed E-state index contributed by atoms with van der Waals surface area (Å²) < 4.78 is 13.8. The molecule has 0 unspecified atom stereocenters. The number of rotatable bonds is 6. The van der Waals surface area contributed by atoms with E-state index in [1.165, 1.54) is 4.68 Å². The number of ether oxygens (including phenoxy) is 2. The highest BCUT2D eigenvalue weighted by molar-refractivity contribution is 7.22. The van der Waals surface area contributed by atoms with Crippen LogP contribution in [0.15, 0.2) is 60.9 Å². The van der Waals surface area contributed by atoms with Crippen LogP contribution in [0.1, 0.15) is 13.8 Å². The van der Waals surface area contributed by atoms with Crippen molar-refractivity contribution in [3.8, 4) is 39.3 Å². The van der Waals surface area contributed by atoms with Crippen LogP contribution in [0.25, 0.3) is 37.9 Å². The summed E-state index contributed by atoms with van der Waals surface area (Å²) in [6, 6.07) is 15.3. The number of aromatic nitrogens is 5. The van der Waals surface area contributed by atoms with Crippen molar-refractivity contribution in [2.75, 3.05) is 31.2 Å². The molecule has 0 spiro atoms. The van der Waals surface area contributed by atoms with E-state index < -0.39 is 0 Å². The van der Waals surface area contributed by atoms with Crippen LogP contribution in [0, 0.1) is 0 Å². The van der Waals surface area contributed by atoms with E-state index in [1.54, 1.807) is 29.8 Å². The van der Waals surface area contributed by atoms with E-state index in [2.05, 4.69) is 21.0 Å². The minimum atomic E-state index is -0.0398. The Balaban J connectivity index is 1.45. The van der Waals surface area contributed by atoms with E-state index in [-0.39, 0.29) is 12.0 Å². The summed E-state index contributed by atoms with van der Waals surface area (Å²) in [5, 5.41) is 15.5. The molecule has 37 heavy (non-hydrogen) atoms. The van der Waals surface area contributed by atoms with Gasteiger partial charge in [-0.2, -0.15) is 14.8 Å². The number of thiophene rings is 1. The first-order valence-corrected chi connectivity index (χ1v) is 13.0. The summed E-state index contributed by atoms with van der Waals surface area (Å²) in [5.74, 6) is 1.83. The van der Waals surface area contributed by atoms with E-state index in [9.17, 15) is 5.11 Å². The van der Waals surface area contributed by atoms with Crippen molar-refractivity contribution >= 4 is 27.4 Å². The van der Waals surface area contributed by atoms with Crippen LogP contribution < -0.4 is 9.64 Å². The Morgan fingerprint density at radius 2 is 1.81 bits per heavy atom. The van der Waals surface area contributed by atoms with E-state index in [1.807, 2.05) is 50.2 Å². The number of hydrogen-bond acceptors (Lipinski definition) is 9.